The predicted octanol–water partition coefficient (Wildman–Crippen LogP) is 2.63. The number of carboxylic acids is 1. The maximum absolute atomic E-state index is 12.6. The third kappa shape index (κ3) is 6.20. The summed E-state index contributed by atoms with van der Waals surface area (Å²) in [5, 5.41) is 11.5. The van der Waals surface area contributed by atoms with Crippen molar-refractivity contribution < 1.29 is 28.9 Å². The van der Waals surface area contributed by atoms with Crippen molar-refractivity contribution in [2.24, 2.45) is 0 Å². The molecule has 0 fully saturated rings. The highest BCUT2D eigenvalue weighted by atomic mass is 16.5. The molecule has 0 unspecified atom stereocenters. The molecule has 0 aliphatic rings. The highest BCUT2D eigenvalue weighted by Crippen LogP contribution is 2.21. The first-order chi connectivity index (χ1) is 13.3. The van der Waals surface area contributed by atoms with Gasteiger partial charge in [-0.05, 0) is 32.9 Å². The van der Waals surface area contributed by atoms with Crippen LogP contribution in [0.2, 0.25) is 0 Å². The summed E-state index contributed by atoms with van der Waals surface area (Å²) < 4.78 is 16.3. The zero-order chi connectivity index (χ0) is 20.7. The van der Waals surface area contributed by atoms with Gasteiger partial charge in [-0.3, -0.25) is 4.79 Å². The fourth-order valence-electron chi connectivity index (χ4n) is 2.23. The lowest BCUT2D eigenvalue weighted by atomic mass is 10.2. The molecule has 0 bridgehead atoms. The van der Waals surface area contributed by atoms with Gasteiger partial charge >= 0.3 is 5.97 Å². The topological polar surface area (TPSA) is 120 Å². The van der Waals surface area contributed by atoms with Crippen LogP contribution in [0.4, 0.5) is 5.82 Å². The molecule has 2 N–H and O–H groups in total. The number of amides is 1. The molecular weight excluding hydrogens is 366 g/mol. The normalized spacial score (nSPS) is 11.8. The Morgan fingerprint density at radius 1 is 1.11 bits per heavy atom. The number of aromatic carboxylic acids is 1. The Balaban J connectivity index is 2.23. The summed E-state index contributed by atoms with van der Waals surface area (Å²) in [5.74, 6) is -0.871. The van der Waals surface area contributed by atoms with Crippen LogP contribution in [0.15, 0.2) is 30.5 Å². The maximum atomic E-state index is 12.6. The first-order valence-electron chi connectivity index (χ1n) is 8.63. The van der Waals surface area contributed by atoms with E-state index in [1.54, 1.807) is 7.11 Å². The second kappa shape index (κ2) is 9.65. The van der Waals surface area contributed by atoms with Crippen molar-refractivity contribution in [3.63, 3.8) is 0 Å². The molecule has 150 valence electrons. The SMILES string of the molecule is COC[C@H](C)Oc1cc(C(=O)Nc2ccc(C(=O)O)cn2)cc(OC(C)C)n1. The van der Waals surface area contributed by atoms with E-state index in [4.69, 9.17) is 19.3 Å². The highest BCUT2D eigenvalue weighted by molar-refractivity contribution is 6.04. The van der Waals surface area contributed by atoms with Gasteiger partial charge in [0.2, 0.25) is 11.8 Å². The number of rotatable bonds is 9. The van der Waals surface area contributed by atoms with Crippen molar-refractivity contribution in [3.05, 3.63) is 41.6 Å². The maximum Gasteiger partial charge on any atom is 0.337 e. The second-order valence-corrected chi connectivity index (χ2v) is 6.27. The molecule has 0 radical (unpaired) electrons. The van der Waals surface area contributed by atoms with E-state index in [1.807, 2.05) is 20.8 Å². The van der Waals surface area contributed by atoms with Gasteiger partial charge in [-0.15, -0.1) is 0 Å². The fourth-order valence-corrected chi connectivity index (χ4v) is 2.23. The van der Waals surface area contributed by atoms with Crippen LogP contribution >= 0.6 is 0 Å². The van der Waals surface area contributed by atoms with Gasteiger partial charge in [0.1, 0.15) is 11.9 Å². The zero-order valence-corrected chi connectivity index (χ0v) is 16.1. The molecule has 2 aromatic rings. The van der Waals surface area contributed by atoms with E-state index < -0.39 is 11.9 Å². The average Bonchev–Trinajstić information content (AvgIpc) is 2.61. The van der Waals surface area contributed by atoms with E-state index in [0.717, 1.165) is 0 Å². The van der Waals surface area contributed by atoms with Gasteiger partial charge in [-0.2, -0.15) is 4.98 Å². The van der Waals surface area contributed by atoms with Crippen molar-refractivity contribution in [1.82, 2.24) is 9.97 Å². The number of anilines is 1. The number of methoxy groups -OCH3 is 1. The van der Waals surface area contributed by atoms with Crippen LogP contribution < -0.4 is 14.8 Å². The van der Waals surface area contributed by atoms with Crippen LogP contribution in [0.25, 0.3) is 0 Å². The van der Waals surface area contributed by atoms with Crippen LogP contribution in [-0.2, 0) is 4.74 Å². The van der Waals surface area contributed by atoms with Crippen molar-refractivity contribution in [3.8, 4) is 11.8 Å². The summed E-state index contributed by atoms with van der Waals surface area (Å²) in [4.78, 5) is 31.7. The van der Waals surface area contributed by atoms with E-state index >= 15 is 0 Å². The van der Waals surface area contributed by atoms with Crippen LogP contribution in [0.1, 0.15) is 41.5 Å². The first kappa shape index (κ1) is 21.1. The molecule has 0 saturated heterocycles. The molecule has 9 nitrogen and oxygen atoms in total. The molecule has 9 heteroatoms. The van der Waals surface area contributed by atoms with Crippen molar-refractivity contribution in [2.45, 2.75) is 33.0 Å². The minimum Gasteiger partial charge on any atom is -0.478 e. The lowest BCUT2D eigenvalue weighted by molar-refractivity contribution is 0.0696. The number of ether oxygens (including phenoxy) is 3. The number of carbonyl (C=O) groups excluding carboxylic acids is 1. The molecule has 0 aliphatic carbocycles. The summed E-state index contributed by atoms with van der Waals surface area (Å²) in [6, 6.07) is 5.74. The molecule has 0 aromatic carbocycles. The van der Waals surface area contributed by atoms with Crippen LogP contribution in [-0.4, -0.2) is 52.9 Å². The number of pyridine rings is 2. The monoisotopic (exact) mass is 389 g/mol. The summed E-state index contributed by atoms with van der Waals surface area (Å²) >= 11 is 0. The second-order valence-electron chi connectivity index (χ2n) is 6.27. The number of carboxylic acid groups (broad SMARTS) is 1. The summed E-state index contributed by atoms with van der Waals surface area (Å²) in [6.07, 6.45) is 0.756. The molecule has 0 saturated carbocycles. The Morgan fingerprint density at radius 2 is 1.79 bits per heavy atom. The number of aromatic nitrogens is 2. The molecule has 2 heterocycles. The van der Waals surface area contributed by atoms with Gasteiger partial charge in [0, 0.05) is 25.4 Å². The van der Waals surface area contributed by atoms with Crippen LogP contribution in [0, 0.1) is 0 Å². The molecule has 0 spiro atoms. The van der Waals surface area contributed by atoms with E-state index in [-0.39, 0.29) is 40.9 Å². The van der Waals surface area contributed by atoms with Gasteiger partial charge in [0.25, 0.3) is 5.91 Å². The molecule has 28 heavy (non-hydrogen) atoms. The van der Waals surface area contributed by atoms with E-state index in [2.05, 4.69) is 15.3 Å². The van der Waals surface area contributed by atoms with Crippen LogP contribution in [0.3, 0.4) is 0 Å². The third-order valence-corrected chi connectivity index (χ3v) is 3.37. The van der Waals surface area contributed by atoms with E-state index in [1.165, 1.54) is 30.5 Å². The summed E-state index contributed by atoms with van der Waals surface area (Å²) in [6.45, 7) is 5.86. The van der Waals surface area contributed by atoms with E-state index in [9.17, 15) is 9.59 Å². The van der Waals surface area contributed by atoms with Gasteiger partial charge in [-0.1, -0.05) is 0 Å². The van der Waals surface area contributed by atoms with E-state index in [0.29, 0.717) is 6.61 Å². The number of hydrogen-bond acceptors (Lipinski definition) is 7. The predicted molar refractivity (Wildman–Crippen MR) is 101 cm³/mol. The van der Waals surface area contributed by atoms with Crippen molar-refractivity contribution in [2.75, 3.05) is 19.0 Å². The molecule has 2 rings (SSSR count). The molecule has 0 aliphatic heterocycles. The third-order valence-electron chi connectivity index (χ3n) is 3.37. The van der Waals surface area contributed by atoms with Gasteiger partial charge in [-0.25, -0.2) is 9.78 Å². The standard InChI is InChI=1S/C19H23N3O6/c1-11(2)27-16-7-14(8-17(22-16)28-12(3)10-26-4)18(23)21-15-6-5-13(9-20-15)19(24)25/h5-9,11-12H,10H2,1-4H3,(H,24,25)(H,20,21,23)/t12-/m0/s1. The quantitative estimate of drug-likeness (QED) is 0.672. The Hall–Kier alpha value is -3.20. The minimum atomic E-state index is -1.10. The van der Waals surface area contributed by atoms with Gasteiger partial charge < -0.3 is 24.6 Å². The van der Waals surface area contributed by atoms with Gasteiger partial charge in [0.15, 0.2) is 0 Å². The largest absolute Gasteiger partial charge is 0.478 e. The van der Waals surface area contributed by atoms with Crippen molar-refractivity contribution >= 4 is 17.7 Å². The zero-order valence-electron chi connectivity index (χ0n) is 16.1. The lowest BCUT2D eigenvalue weighted by Crippen LogP contribution is -2.20. The smallest absolute Gasteiger partial charge is 0.337 e. The molecular formula is C19H23N3O6. The number of nitrogens with zero attached hydrogens (tertiary/aromatic N) is 2. The van der Waals surface area contributed by atoms with Crippen LogP contribution in [0.5, 0.6) is 11.8 Å². The molecule has 2 aromatic heterocycles. The number of nitrogens with one attached hydrogen (secondary N) is 1. The Morgan fingerprint density at radius 3 is 2.32 bits per heavy atom. The Labute approximate surface area is 162 Å². The molecule has 1 amide bonds. The summed E-state index contributed by atoms with van der Waals surface area (Å²) in [5.41, 5.74) is 0.284. The number of carbonyl (C=O) groups is 2. The number of hydrogen-bond donors (Lipinski definition) is 2. The Bertz CT molecular complexity index is 823. The molecule has 1 atom stereocenters. The van der Waals surface area contributed by atoms with Crippen molar-refractivity contribution in [1.29, 1.82) is 0 Å². The first-order valence-corrected chi connectivity index (χ1v) is 8.63. The lowest BCUT2D eigenvalue weighted by Gasteiger charge is -2.16. The summed E-state index contributed by atoms with van der Waals surface area (Å²) in [7, 11) is 1.56. The average molecular weight is 389 g/mol. The minimum absolute atomic E-state index is 0.0253. The van der Waals surface area contributed by atoms with Gasteiger partial charge in [0.05, 0.1) is 23.8 Å². The fraction of sp³-hybridized carbons (Fsp3) is 0.368. The highest BCUT2D eigenvalue weighted by Gasteiger charge is 2.15. The Kier molecular flexibility index (Phi) is 7.28.